The number of rotatable bonds is 9. The summed E-state index contributed by atoms with van der Waals surface area (Å²) in [5, 5.41) is 11.5. The molecule has 4 heterocycles. The molecule has 230 valence electrons. The van der Waals surface area contributed by atoms with Gasteiger partial charge in [-0.3, -0.25) is 19.2 Å². The van der Waals surface area contributed by atoms with Crippen molar-refractivity contribution in [3.05, 3.63) is 112 Å². The number of thioether (sulfide) groups is 1. The van der Waals surface area contributed by atoms with Crippen LogP contribution in [-0.4, -0.2) is 73.2 Å². The van der Waals surface area contributed by atoms with Gasteiger partial charge in [0, 0.05) is 56.1 Å². The molecule has 1 fully saturated rings. The van der Waals surface area contributed by atoms with E-state index in [0.717, 1.165) is 37.3 Å². The van der Waals surface area contributed by atoms with E-state index in [2.05, 4.69) is 49.4 Å². The minimum atomic E-state index is -4.50. The summed E-state index contributed by atoms with van der Waals surface area (Å²) in [4.78, 5) is 26.0. The van der Waals surface area contributed by atoms with Gasteiger partial charge in [-0.05, 0) is 35.9 Å². The molecule has 13 heteroatoms. The average Bonchev–Trinajstić information content (AvgIpc) is 3.72. The second kappa shape index (κ2) is 13.8. The number of aromatic nitrogens is 5. The van der Waals surface area contributed by atoms with Gasteiger partial charge in [0.1, 0.15) is 10.7 Å². The molecule has 0 saturated carbocycles. The first-order valence-corrected chi connectivity index (χ1v) is 16.1. The highest BCUT2D eigenvalue weighted by atomic mass is 32.2. The Kier molecular flexibility index (Phi) is 9.38. The van der Waals surface area contributed by atoms with E-state index in [4.69, 9.17) is 0 Å². The molecular formula is C32H28F3N7OS2. The Morgan fingerprint density at radius 2 is 1.73 bits per heavy atom. The van der Waals surface area contributed by atoms with Crippen LogP contribution < -0.4 is 0 Å². The van der Waals surface area contributed by atoms with Crippen LogP contribution in [0.15, 0.2) is 95.7 Å². The van der Waals surface area contributed by atoms with Gasteiger partial charge in [0.2, 0.25) is 0 Å². The molecule has 2 aromatic carbocycles. The first-order chi connectivity index (χ1) is 21.8. The number of amides is 1. The predicted molar refractivity (Wildman–Crippen MR) is 169 cm³/mol. The second-order valence-electron chi connectivity index (χ2n) is 10.2. The fourth-order valence-corrected chi connectivity index (χ4v) is 6.64. The molecule has 45 heavy (non-hydrogen) atoms. The molecule has 0 spiro atoms. The standard InChI is InChI=1S/C32H28F3N7OS2/c33-32(34,35)25-9-4-10-26(20-25)42-29(24-11-13-36-14-12-24)38-39-31(42)45-22-28-37-27(21-44-28)30(43)41-18-16-40(17-19-41)15-5-8-23-6-2-1-3-7-23/h1-14,20-21H,15-19,22H2. The molecule has 1 aliphatic rings. The summed E-state index contributed by atoms with van der Waals surface area (Å²) in [6, 6.07) is 18.7. The van der Waals surface area contributed by atoms with Crippen molar-refractivity contribution in [3.8, 4) is 17.1 Å². The highest BCUT2D eigenvalue weighted by Gasteiger charge is 2.31. The van der Waals surface area contributed by atoms with Gasteiger partial charge in [0.05, 0.1) is 17.0 Å². The molecule has 3 aromatic heterocycles. The van der Waals surface area contributed by atoms with Gasteiger partial charge >= 0.3 is 6.18 Å². The van der Waals surface area contributed by atoms with Crippen LogP contribution in [0.5, 0.6) is 0 Å². The number of alkyl halides is 3. The van der Waals surface area contributed by atoms with Crippen molar-refractivity contribution < 1.29 is 18.0 Å². The number of piperazine rings is 1. The molecule has 0 N–H and O–H groups in total. The first-order valence-electron chi connectivity index (χ1n) is 14.2. The lowest BCUT2D eigenvalue weighted by molar-refractivity contribution is -0.137. The maximum atomic E-state index is 13.5. The maximum absolute atomic E-state index is 13.5. The van der Waals surface area contributed by atoms with Gasteiger partial charge in [-0.15, -0.1) is 21.5 Å². The molecule has 0 bridgehead atoms. The highest BCUT2D eigenvalue weighted by Crippen LogP contribution is 2.34. The third kappa shape index (κ3) is 7.49. The number of carbonyl (C=O) groups is 1. The minimum Gasteiger partial charge on any atom is -0.335 e. The zero-order valence-electron chi connectivity index (χ0n) is 24.0. The molecule has 8 nitrogen and oxygen atoms in total. The van der Waals surface area contributed by atoms with Gasteiger partial charge in [-0.25, -0.2) is 4.98 Å². The quantitative estimate of drug-likeness (QED) is 0.168. The lowest BCUT2D eigenvalue weighted by Crippen LogP contribution is -2.48. The smallest absolute Gasteiger partial charge is 0.335 e. The van der Waals surface area contributed by atoms with E-state index < -0.39 is 11.7 Å². The van der Waals surface area contributed by atoms with Crippen LogP contribution in [0, 0.1) is 0 Å². The lowest BCUT2D eigenvalue weighted by Gasteiger charge is -2.33. The van der Waals surface area contributed by atoms with Gasteiger partial charge < -0.3 is 4.90 Å². The van der Waals surface area contributed by atoms with Gasteiger partial charge in [-0.1, -0.05) is 60.3 Å². The molecule has 1 saturated heterocycles. The number of hydrogen-bond acceptors (Lipinski definition) is 8. The van der Waals surface area contributed by atoms with Crippen LogP contribution in [0.4, 0.5) is 13.2 Å². The van der Waals surface area contributed by atoms with E-state index in [-0.39, 0.29) is 11.6 Å². The predicted octanol–water partition coefficient (Wildman–Crippen LogP) is 6.57. The molecule has 0 aliphatic carbocycles. The summed E-state index contributed by atoms with van der Waals surface area (Å²) < 4.78 is 42.2. The topological polar surface area (TPSA) is 80.0 Å². The Hall–Kier alpha value is -4.33. The second-order valence-corrected chi connectivity index (χ2v) is 12.1. The van der Waals surface area contributed by atoms with E-state index in [1.807, 2.05) is 23.1 Å². The molecule has 1 aliphatic heterocycles. The Balaban J connectivity index is 1.11. The van der Waals surface area contributed by atoms with Crippen molar-refractivity contribution in [3.63, 3.8) is 0 Å². The molecule has 0 atom stereocenters. The summed E-state index contributed by atoms with van der Waals surface area (Å²) in [7, 11) is 0. The van der Waals surface area contributed by atoms with Crippen molar-refractivity contribution in [2.45, 2.75) is 17.1 Å². The van der Waals surface area contributed by atoms with E-state index in [1.165, 1.54) is 29.2 Å². The summed E-state index contributed by atoms with van der Waals surface area (Å²) in [5.41, 5.74) is 1.74. The number of pyridine rings is 1. The van der Waals surface area contributed by atoms with Crippen molar-refractivity contribution in [1.29, 1.82) is 0 Å². The average molecular weight is 648 g/mol. The number of benzene rings is 2. The number of hydrogen-bond donors (Lipinski definition) is 0. The van der Waals surface area contributed by atoms with Crippen LogP contribution in [0.2, 0.25) is 0 Å². The van der Waals surface area contributed by atoms with Crippen LogP contribution in [0.3, 0.4) is 0 Å². The first kappa shape index (κ1) is 30.7. The SMILES string of the molecule is O=C(c1csc(CSc2nnc(-c3ccncc3)n2-c2cccc(C(F)(F)F)c2)n1)N1CCN(CC=Cc2ccccc2)CC1. The third-order valence-electron chi connectivity index (χ3n) is 7.23. The van der Waals surface area contributed by atoms with Crippen LogP contribution in [0.25, 0.3) is 23.2 Å². The van der Waals surface area contributed by atoms with Gasteiger partial charge in [0.15, 0.2) is 11.0 Å². The summed E-state index contributed by atoms with van der Waals surface area (Å²) in [6.45, 7) is 3.63. The summed E-state index contributed by atoms with van der Waals surface area (Å²) in [6.07, 6.45) is 2.93. The molecular weight excluding hydrogens is 620 g/mol. The van der Waals surface area contributed by atoms with Crippen molar-refractivity contribution >= 4 is 35.1 Å². The Bertz CT molecular complexity index is 1770. The van der Waals surface area contributed by atoms with E-state index in [1.54, 1.807) is 40.5 Å². The van der Waals surface area contributed by atoms with E-state index in [0.29, 0.717) is 46.1 Å². The normalized spacial score (nSPS) is 14.3. The van der Waals surface area contributed by atoms with Gasteiger partial charge in [-0.2, -0.15) is 13.2 Å². The van der Waals surface area contributed by atoms with E-state index in [9.17, 15) is 18.0 Å². The number of halogens is 3. The third-order valence-corrected chi connectivity index (χ3v) is 9.20. The zero-order valence-corrected chi connectivity index (χ0v) is 25.6. The summed E-state index contributed by atoms with van der Waals surface area (Å²) in [5.74, 6) is 0.658. The van der Waals surface area contributed by atoms with Crippen LogP contribution in [0.1, 0.15) is 26.6 Å². The number of thiazole rings is 1. The van der Waals surface area contributed by atoms with Crippen LogP contribution in [-0.2, 0) is 11.9 Å². The Morgan fingerprint density at radius 3 is 2.49 bits per heavy atom. The van der Waals surface area contributed by atoms with Crippen molar-refractivity contribution in [2.24, 2.45) is 0 Å². The fraction of sp³-hybridized carbons (Fsp3) is 0.219. The summed E-state index contributed by atoms with van der Waals surface area (Å²) >= 11 is 2.66. The molecule has 0 unspecified atom stereocenters. The monoisotopic (exact) mass is 647 g/mol. The Labute approximate surface area is 266 Å². The lowest BCUT2D eigenvalue weighted by atomic mass is 10.2. The van der Waals surface area contributed by atoms with Crippen molar-refractivity contribution in [1.82, 2.24) is 34.5 Å². The molecule has 6 rings (SSSR count). The number of carbonyl (C=O) groups excluding carboxylic acids is 1. The fourth-order valence-electron chi connectivity index (χ4n) is 4.90. The molecule has 0 radical (unpaired) electrons. The van der Waals surface area contributed by atoms with E-state index >= 15 is 0 Å². The van der Waals surface area contributed by atoms with Gasteiger partial charge in [0.25, 0.3) is 5.91 Å². The molecule has 5 aromatic rings. The zero-order chi connectivity index (χ0) is 31.2. The Morgan fingerprint density at radius 1 is 0.956 bits per heavy atom. The highest BCUT2D eigenvalue weighted by molar-refractivity contribution is 7.98. The minimum absolute atomic E-state index is 0.103. The van der Waals surface area contributed by atoms with Crippen molar-refractivity contribution in [2.75, 3.05) is 32.7 Å². The number of nitrogens with zero attached hydrogens (tertiary/aromatic N) is 7. The van der Waals surface area contributed by atoms with Crippen LogP contribution >= 0.6 is 23.1 Å². The largest absolute Gasteiger partial charge is 0.416 e. The maximum Gasteiger partial charge on any atom is 0.416 e. The molecule has 1 amide bonds.